The van der Waals surface area contributed by atoms with Crippen molar-refractivity contribution in [1.82, 2.24) is 5.32 Å². The van der Waals surface area contributed by atoms with Crippen molar-refractivity contribution in [3.8, 4) is 11.5 Å². The number of hydrogen-bond acceptors (Lipinski definition) is 5. The zero-order valence-electron chi connectivity index (χ0n) is 20.1. The van der Waals surface area contributed by atoms with E-state index >= 15 is 0 Å². The number of anilines is 2. The first-order chi connectivity index (χ1) is 18.5. The van der Waals surface area contributed by atoms with Gasteiger partial charge in [0, 0.05) is 27.5 Å². The molecule has 0 heterocycles. The molecule has 7 nitrogen and oxygen atoms in total. The van der Waals surface area contributed by atoms with Gasteiger partial charge in [-0.2, -0.15) is 0 Å². The van der Waals surface area contributed by atoms with Gasteiger partial charge in [0.15, 0.2) is 5.11 Å². The monoisotopic (exact) mass is 545 g/mol. The summed E-state index contributed by atoms with van der Waals surface area (Å²) in [7, 11) is 0. The molecular formula is C29H24ClN3O4S. The van der Waals surface area contributed by atoms with Gasteiger partial charge in [0.2, 0.25) is 0 Å². The van der Waals surface area contributed by atoms with E-state index in [1.807, 2.05) is 30.3 Å². The van der Waals surface area contributed by atoms with Gasteiger partial charge in [0.1, 0.15) is 24.7 Å². The summed E-state index contributed by atoms with van der Waals surface area (Å²) in [6.07, 6.45) is 0. The van der Waals surface area contributed by atoms with Crippen molar-refractivity contribution >= 4 is 52.1 Å². The fraction of sp³-hybridized carbons (Fsp3) is 0.0690. The van der Waals surface area contributed by atoms with Gasteiger partial charge in [-0.15, -0.1) is 0 Å². The highest BCUT2D eigenvalue weighted by atomic mass is 35.5. The van der Waals surface area contributed by atoms with Crippen LogP contribution in [0.2, 0.25) is 5.02 Å². The molecule has 0 spiro atoms. The number of ether oxygens (including phenoxy) is 2. The van der Waals surface area contributed by atoms with E-state index in [9.17, 15) is 9.59 Å². The molecule has 192 valence electrons. The standard InChI is InChI=1S/C29H24ClN3O4S/c30-22-7-5-9-24(19-22)31-28(35)21-6-4-8-23(18-21)32-29(38)33-27(34)20-12-14-26(15-13-20)37-17-16-36-25-10-2-1-3-11-25/h1-15,18-19H,16-17H2,(H,31,35)(H2,32,33,34,38). The Hall–Kier alpha value is -4.40. The summed E-state index contributed by atoms with van der Waals surface area (Å²) in [5.74, 6) is 0.711. The van der Waals surface area contributed by atoms with Crippen LogP contribution in [0.3, 0.4) is 0 Å². The number of para-hydroxylation sites is 1. The Bertz CT molecular complexity index is 1420. The van der Waals surface area contributed by atoms with Gasteiger partial charge >= 0.3 is 0 Å². The minimum absolute atomic E-state index is 0.0980. The zero-order valence-corrected chi connectivity index (χ0v) is 21.7. The lowest BCUT2D eigenvalue weighted by atomic mass is 10.2. The molecule has 4 aromatic carbocycles. The number of thiocarbonyl (C=S) groups is 1. The summed E-state index contributed by atoms with van der Waals surface area (Å²) in [6.45, 7) is 0.764. The van der Waals surface area contributed by atoms with Crippen molar-refractivity contribution in [3.63, 3.8) is 0 Å². The number of benzene rings is 4. The maximum absolute atomic E-state index is 12.6. The highest BCUT2D eigenvalue weighted by Crippen LogP contribution is 2.18. The van der Waals surface area contributed by atoms with Crippen molar-refractivity contribution in [3.05, 3.63) is 119 Å². The van der Waals surface area contributed by atoms with Crippen LogP contribution in [-0.4, -0.2) is 30.1 Å². The number of carbonyl (C=O) groups is 2. The minimum Gasteiger partial charge on any atom is -0.490 e. The van der Waals surface area contributed by atoms with Gasteiger partial charge in [-0.05, 0) is 85.0 Å². The average Bonchev–Trinajstić information content (AvgIpc) is 2.92. The van der Waals surface area contributed by atoms with Crippen molar-refractivity contribution in [1.29, 1.82) is 0 Å². The van der Waals surface area contributed by atoms with E-state index < -0.39 is 0 Å². The molecule has 2 amide bonds. The summed E-state index contributed by atoms with van der Waals surface area (Å²) < 4.78 is 11.3. The van der Waals surface area contributed by atoms with Gasteiger partial charge in [-0.1, -0.05) is 41.9 Å². The van der Waals surface area contributed by atoms with Gasteiger partial charge in [0.05, 0.1) is 0 Å². The number of amides is 2. The van der Waals surface area contributed by atoms with Gasteiger partial charge in [0.25, 0.3) is 11.8 Å². The molecule has 0 unspecified atom stereocenters. The van der Waals surface area contributed by atoms with E-state index in [0.717, 1.165) is 5.75 Å². The van der Waals surface area contributed by atoms with E-state index in [1.165, 1.54) is 0 Å². The molecule has 0 atom stereocenters. The normalized spacial score (nSPS) is 10.2. The first-order valence-electron chi connectivity index (χ1n) is 11.7. The molecule has 0 radical (unpaired) electrons. The molecule has 38 heavy (non-hydrogen) atoms. The van der Waals surface area contributed by atoms with Gasteiger partial charge in [-0.25, -0.2) is 0 Å². The van der Waals surface area contributed by atoms with Crippen LogP contribution in [0.4, 0.5) is 11.4 Å². The van der Waals surface area contributed by atoms with Crippen LogP contribution < -0.4 is 25.4 Å². The van der Waals surface area contributed by atoms with E-state index in [2.05, 4.69) is 16.0 Å². The summed E-state index contributed by atoms with van der Waals surface area (Å²) in [5, 5.41) is 8.98. The van der Waals surface area contributed by atoms with Crippen molar-refractivity contribution in [2.45, 2.75) is 0 Å². The predicted molar refractivity (Wildman–Crippen MR) is 153 cm³/mol. The second-order valence-electron chi connectivity index (χ2n) is 7.99. The maximum atomic E-state index is 12.6. The van der Waals surface area contributed by atoms with Gasteiger partial charge < -0.3 is 20.1 Å². The zero-order chi connectivity index (χ0) is 26.7. The van der Waals surface area contributed by atoms with Crippen LogP contribution in [0.5, 0.6) is 11.5 Å². The SMILES string of the molecule is O=C(NC(=S)Nc1cccc(C(=O)Nc2cccc(Cl)c2)c1)c1ccc(OCCOc2ccccc2)cc1. The molecule has 0 fully saturated rings. The third-order valence-corrected chi connectivity index (χ3v) is 5.61. The third kappa shape index (κ3) is 8.06. The van der Waals surface area contributed by atoms with E-state index in [1.54, 1.807) is 72.8 Å². The Kier molecular flexibility index (Phi) is 9.28. The molecule has 9 heteroatoms. The molecule has 0 saturated heterocycles. The van der Waals surface area contributed by atoms with Crippen LogP contribution in [0.15, 0.2) is 103 Å². The number of nitrogens with one attached hydrogen (secondary N) is 3. The summed E-state index contributed by atoms with van der Waals surface area (Å²) in [4.78, 5) is 25.2. The van der Waals surface area contributed by atoms with Crippen LogP contribution >= 0.6 is 23.8 Å². The van der Waals surface area contributed by atoms with Gasteiger partial charge in [-0.3, -0.25) is 14.9 Å². The number of rotatable bonds is 9. The second kappa shape index (κ2) is 13.2. The smallest absolute Gasteiger partial charge is 0.257 e. The van der Waals surface area contributed by atoms with Crippen molar-refractivity contribution in [2.75, 3.05) is 23.8 Å². The first kappa shape index (κ1) is 26.7. The highest BCUT2D eigenvalue weighted by Gasteiger charge is 2.11. The number of hydrogen-bond donors (Lipinski definition) is 3. The lowest BCUT2D eigenvalue weighted by Gasteiger charge is -2.12. The molecule has 0 bridgehead atoms. The summed E-state index contributed by atoms with van der Waals surface area (Å²) in [6, 6.07) is 29.8. The molecule has 0 aliphatic rings. The molecule has 4 rings (SSSR count). The Balaban J connectivity index is 1.24. The van der Waals surface area contributed by atoms with E-state index in [-0.39, 0.29) is 16.9 Å². The van der Waals surface area contributed by atoms with Crippen LogP contribution in [0.25, 0.3) is 0 Å². The Morgan fingerprint density at radius 2 is 1.29 bits per heavy atom. The summed E-state index contributed by atoms with van der Waals surface area (Å²) in [5.41, 5.74) is 1.96. The number of carbonyl (C=O) groups excluding carboxylic acids is 2. The molecule has 0 aliphatic carbocycles. The molecule has 0 saturated carbocycles. The largest absolute Gasteiger partial charge is 0.490 e. The Morgan fingerprint density at radius 1 is 0.658 bits per heavy atom. The molecule has 3 N–H and O–H groups in total. The maximum Gasteiger partial charge on any atom is 0.257 e. The molecular weight excluding hydrogens is 522 g/mol. The van der Waals surface area contributed by atoms with E-state index in [0.29, 0.717) is 46.5 Å². The fourth-order valence-corrected chi connectivity index (χ4v) is 3.78. The molecule has 0 aromatic heterocycles. The fourth-order valence-electron chi connectivity index (χ4n) is 3.38. The third-order valence-electron chi connectivity index (χ3n) is 5.17. The average molecular weight is 546 g/mol. The molecule has 4 aromatic rings. The van der Waals surface area contributed by atoms with Crippen molar-refractivity contribution < 1.29 is 19.1 Å². The van der Waals surface area contributed by atoms with Crippen LogP contribution in [-0.2, 0) is 0 Å². The van der Waals surface area contributed by atoms with Crippen LogP contribution in [0, 0.1) is 0 Å². The molecule has 0 aliphatic heterocycles. The predicted octanol–water partition coefficient (Wildman–Crippen LogP) is 6.18. The Labute approximate surface area is 230 Å². The van der Waals surface area contributed by atoms with Crippen molar-refractivity contribution in [2.24, 2.45) is 0 Å². The quantitative estimate of drug-likeness (QED) is 0.172. The Morgan fingerprint density at radius 3 is 1.97 bits per heavy atom. The summed E-state index contributed by atoms with van der Waals surface area (Å²) >= 11 is 11.3. The minimum atomic E-state index is -0.378. The first-order valence-corrected chi connectivity index (χ1v) is 12.4. The van der Waals surface area contributed by atoms with Crippen LogP contribution in [0.1, 0.15) is 20.7 Å². The lowest BCUT2D eigenvalue weighted by Crippen LogP contribution is -2.34. The van der Waals surface area contributed by atoms with E-state index in [4.69, 9.17) is 33.3 Å². The lowest BCUT2D eigenvalue weighted by molar-refractivity contribution is 0.0976. The second-order valence-corrected chi connectivity index (χ2v) is 8.83. The topological polar surface area (TPSA) is 88.7 Å². The number of halogens is 1. The highest BCUT2D eigenvalue weighted by molar-refractivity contribution is 7.80.